The van der Waals surface area contributed by atoms with E-state index in [0.717, 1.165) is 16.3 Å². The van der Waals surface area contributed by atoms with Crippen molar-refractivity contribution in [1.82, 2.24) is 34.4 Å². The highest BCUT2D eigenvalue weighted by Gasteiger charge is 2.23. The molecular formula is C24H23FN8O2. The summed E-state index contributed by atoms with van der Waals surface area (Å²) >= 11 is 0. The van der Waals surface area contributed by atoms with Gasteiger partial charge in [0.15, 0.2) is 11.6 Å². The third kappa shape index (κ3) is 4.79. The summed E-state index contributed by atoms with van der Waals surface area (Å²) in [6.45, 7) is 3.93. The minimum atomic E-state index is -0.369. The van der Waals surface area contributed by atoms with Gasteiger partial charge < -0.3 is 9.80 Å². The quantitative estimate of drug-likeness (QED) is 0.434. The van der Waals surface area contributed by atoms with Crippen molar-refractivity contribution in [2.75, 3.05) is 31.1 Å². The van der Waals surface area contributed by atoms with Gasteiger partial charge in [-0.15, -0.1) is 10.2 Å². The van der Waals surface area contributed by atoms with Gasteiger partial charge in [0, 0.05) is 50.2 Å². The van der Waals surface area contributed by atoms with Crippen LogP contribution in [-0.4, -0.2) is 66.5 Å². The molecule has 1 amide bonds. The smallest absolute Gasteiger partial charge is 0.267 e. The lowest BCUT2D eigenvalue weighted by molar-refractivity contribution is -0.132. The van der Waals surface area contributed by atoms with Gasteiger partial charge in [-0.2, -0.15) is 5.10 Å². The zero-order chi connectivity index (χ0) is 24.4. The number of aromatic nitrogens is 6. The summed E-state index contributed by atoms with van der Waals surface area (Å²) in [4.78, 5) is 33.2. The molecule has 0 bridgehead atoms. The Morgan fingerprint density at radius 1 is 0.943 bits per heavy atom. The number of imidazole rings is 1. The number of nitrogens with zero attached hydrogens (tertiary/aromatic N) is 8. The molecule has 0 aliphatic carbocycles. The van der Waals surface area contributed by atoms with E-state index in [1.165, 1.54) is 18.2 Å². The fourth-order valence-corrected chi connectivity index (χ4v) is 3.99. The maximum absolute atomic E-state index is 13.2. The first-order valence-corrected chi connectivity index (χ1v) is 11.2. The van der Waals surface area contributed by atoms with E-state index in [0.29, 0.717) is 43.3 Å². The van der Waals surface area contributed by atoms with Crippen LogP contribution in [0.1, 0.15) is 5.82 Å². The van der Waals surface area contributed by atoms with Crippen molar-refractivity contribution in [2.45, 2.75) is 13.5 Å². The first-order valence-electron chi connectivity index (χ1n) is 11.2. The predicted molar refractivity (Wildman–Crippen MR) is 127 cm³/mol. The van der Waals surface area contributed by atoms with Crippen LogP contribution in [0.4, 0.5) is 10.2 Å². The second kappa shape index (κ2) is 9.45. The van der Waals surface area contributed by atoms with E-state index in [1.54, 1.807) is 29.3 Å². The number of amides is 1. The molecule has 10 nitrogen and oxygen atoms in total. The number of carbonyl (C=O) groups is 1. The lowest BCUT2D eigenvalue weighted by Crippen LogP contribution is -2.50. The third-order valence-corrected chi connectivity index (χ3v) is 5.96. The van der Waals surface area contributed by atoms with Gasteiger partial charge in [0.25, 0.3) is 5.56 Å². The number of halogens is 1. The van der Waals surface area contributed by atoms with E-state index >= 15 is 0 Å². The van der Waals surface area contributed by atoms with Crippen molar-refractivity contribution in [3.63, 3.8) is 0 Å². The molecule has 4 aromatic rings. The van der Waals surface area contributed by atoms with Crippen LogP contribution in [0.15, 0.2) is 65.7 Å². The molecule has 11 heteroatoms. The van der Waals surface area contributed by atoms with Crippen molar-refractivity contribution < 1.29 is 9.18 Å². The van der Waals surface area contributed by atoms with Crippen LogP contribution in [0.5, 0.6) is 0 Å². The van der Waals surface area contributed by atoms with E-state index in [1.807, 2.05) is 29.8 Å². The molecule has 0 saturated carbocycles. The molecule has 1 aromatic carbocycles. The van der Waals surface area contributed by atoms with Crippen molar-refractivity contribution in [3.8, 4) is 17.1 Å². The van der Waals surface area contributed by atoms with Crippen LogP contribution < -0.4 is 10.5 Å². The zero-order valence-corrected chi connectivity index (χ0v) is 19.1. The van der Waals surface area contributed by atoms with Crippen LogP contribution in [0, 0.1) is 12.7 Å². The number of benzene rings is 1. The molecule has 0 atom stereocenters. The number of anilines is 1. The van der Waals surface area contributed by atoms with Gasteiger partial charge in [0.1, 0.15) is 18.2 Å². The SMILES string of the molecule is Cc1nccn1-c1ccc(N2CCN(C(=O)Cn3nc(-c4ccc(F)cc4)ccc3=O)CC2)nn1. The van der Waals surface area contributed by atoms with Crippen LogP contribution in [0.2, 0.25) is 0 Å². The Balaban J connectivity index is 1.21. The predicted octanol–water partition coefficient (Wildman–Crippen LogP) is 1.68. The number of hydrogen-bond acceptors (Lipinski definition) is 7. The summed E-state index contributed by atoms with van der Waals surface area (Å²) in [5, 5.41) is 12.9. The Morgan fingerprint density at radius 2 is 1.66 bits per heavy atom. The molecule has 5 rings (SSSR count). The van der Waals surface area contributed by atoms with Crippen LogP contribution in [0.25, 0.3) is 17.1 Å². The fraction of sp³-hybridized carbons (Fsp3) is 0.250. The van der Waals surface area contributed by atoms with Crippen LogP contribution in [-0.2, 0) is 11.3 Å². The molecule has 1 aliphatic heterocycles. The number of hydrogen-bond donors (Lipinski definition) is 0. The van der Waals surface area contributed by atoms with Gasteiger partial charge in [-0.3, -0.25) is 14.2 Å². The van der Waals surface area contributed by atoms with Crippen molar-refractivity contribution in [3.05, 3.63) is 82.9 Å². The first-order chi connectivity index (χ1) is 17.0. The van der Waals surface area contributed by atoms with Crippen molar-refractivity contribution >= 4 is 11.7 Å². The summed E-state index contributed by atoms with van der Waals surface area (Å²) < 4.78 is 16.2. The second-order valence-corrected chi connectivity index (χ2v) is 8.18. The van der Waals surface area contributed by atoms with Crippen LogP contribution in [0.3, 0.4) is 0 Å². The molecule has 1 aliphatic rings. The Hall–Kier alpha value is -4.41. The number of aryl methyl sites for hydroxylation is 1. The highest BCUT2D eigenvalue weighted by atomic mass is 19.1. The van der Waals surface area contributed by atoms with Gasteiger partial charge in [-0.05, 0) is 49.4 Å². The molecule has 35 heavy (non-hydrogen) atoms. The van der Waals surface area contributed by atoms with E-state index in [9.17, 15) is 14.0 Å². The van der Waals surface area contributed by atoms with E-state index in [4.69, 9.17) is 0 Å². The maximum Gasteiger partial charge on any atom is 0.267 e. The van der Waals surface area contributed by atoms with Crippen molar-refractivity contribution in [2.24, 2.45) is 0 Å². The van der Waals surface area contributed by atoms with Crippen molar-refractivity contribution in [1.29, 1.82) is 0 Å². The summed E-state index contributed by atoms with van der Waals surface area (Å²) in [6, 6.07) is 12.5. The average molecular weight is 475 g/mol. The summed E-state index contributed by atoms with van der Waals surface area (Å²) in [5.41, 5.74) is 0.790. The fourth-order valence-electron chi connectivity index (χ4n) is 3.99. The van der Waals surface area contributed by atoms with Gasteiger partial charge in [-0.25, -0.2) is 14.1 Å². The molecule has 0 unspecified atom stereocenters. The summed E-state index contributed by atoms with van der Waals surface area (Å²) in [7, 11) is 0. The number of carbonyl (C=O) groups excluding carboxylic acids is 1. The van der Waals surface area contributed by atoms with Gasteiger partial charge in [0.05, 0.1) is 5.69 Å². The zero-order valence-electron chi connectivity index (χ0n) is 19.1. The average Bonchev–Trinajstić information content (AvgIpc) is 3.32. The topological polar surface area (TPSA) is 102 Å². The molecular weight excluding hydrogens is 451 g/mol. The van der Waals surface area contributed by atoms with E-state index in [-0.39, 0.29) is 23.8 Å². The highest BCUT2D eigenvalue weighted by Crippen LogP contribution is 2.17. The number of piperazine rings is 1. The Kier molecular flexibility index (Phi) is 6.04. The summed E-state index contributed by atoms with van der Waals surface area (Å²) in [6.07, 6.45) is 3.54. The largest absolute Gasteiger partial charge is 0.352 e. The Labute approximate surface area is 200 Å². The molecule has 1 fully saturated rings. The molecule has 0 spiro atoms. The molecule has 1 saturated heterocycles. The maximum atomic E-state index is 13.2. The second-order valence-electron chi connectivity index (χ2n) is 8.18. The lowest BCUT2D eigenvalue weighted by Gasteiger charge is -2.35. The van der Waals surface area contributed by atoms with Gasteiger partial charge in [-0.1, -0.05) is 0 Å². The molecule has 0 radical (unpaired) electrons. The first kappa shape index (κ1) is 22.4. The summed E-state index contributed by atoms with van der Waals surface area (Å²) in [5.74, 6) is 1.72. The highest BCUT2D eigenvalue weighted by molar-refractivity contribution is 5.76. The minimum absolute atomic E-state index is 0.160. The number of rotatable bonds is 5. The van der Waals surface area contributed by atoms with Gasteiger partial charge >= 0.3 is 0 Å². The third-order valence-electron chi connectivity index (χ3n) is 5.96. The monoisotopic (exact) mass is 474 g/mol. The lowest BCUT2D eigenvalue weighted by atomic mass is 10.1. The van der Waals surface area contributed by atoms with E-state index in [2.05, 4.69) is 25.2 Å². The Bertz CT molecular complexity index is 1390. The molecule has 178 valence electrons. The van der Waals surface area contributed by atoms with Gasteiger partial charge in [0.2, 0.25) is 5.91 Å². The van der Waals surface area contributed by atoms with E-state index < -0.39 is 0 Å². The molecule has 4 heterocycles. The standard InChI is InChI=1S/C24H23FN8O2/c1-17-26-10-11-32(17)22-8-7-21(27-28-22)30-12-14-31(15-13-30)24(35)16-33-23(34)9-6-20(29-33)18-2-4-19(25)5-3-18/h2-11H,12-16H2,1H3. The minimum Gasteiger partial charge on any atom is -0.352 e. The normalized spacial score (nSPS) is 13.8. The molecule has 3 aromatic heterocycles. The molecule has 0 N–H and O–H groups in total. The Morgan fingerprint density at radius 3 is 2.31 bits per heavy atom. The van der Waals surface area contributed by atoms with Crippen LogP contribution >= 0.6 is 0 Å².